The summed E-state index contributed by atoms with van der Waals surface area (Å²) in [4.78, 5) is 10.5. The lowest BCUT2D eigenvalue weighted by atomic mass is 9.89. The number of hydrogen-bond acceptors (Lipinski definition) is 4. The summed E-state index contributed by atoms with van der Waals surface area (Å²) in [6.45, 7) is 2.11. The highest BCUT2D eigenvalue weighted by Crippen LogP contribution is 2.36. The molecule has 0 heterocycles. The molecule has 1 aliphatic carbocycles. The molecule has 1 saturated carbocycles. The van der Waals surface area contributed by atoms with Crippen molar-refractivity contribution in [1.82, 2.24) is 0 Å². The van der Waals surface area contributed by atoms with Gasteiger partial charge in [-0.15, -0.1) is 0 Å². The van der Waals surface area contributed by atoms with Crippen molar-refractivity contribution >= 4 is 5.97 Å². The van der Waals surface area contributed by atoms with E-state index in [9.17, 15) is 20.1 Å². The molecule has 0 radical (unpaired) electrons. The second-order valence-electron chi connectivity index (χ2n) is 7.03. The molecule has 0 saturated heterocycles. The Morgan fingerprint density at radius 2 is 1.67 bits per heavy atom. The molecule has 0 amide bonds. The third-order valence-electron chi connectivity index (χ3n) is 4.81. The Morgan fingerprint density at radius 1 is 1.04 bits per heavy atom. The van der Waals surface area contributed by atoms with Crippen molar-refractivity contribution in [1.29, 1.82) is 0 Å². The Bertz CT molecular complexity index is 535. The second kappa shape index (κ2) is 13.5. The fraction of sp³-hybridized carbons (Fsp3) is 0.591. The van der Waals surface area contributed by atoms with E-state index < -0.39 is 24.3 Å². The largest absolute Gasteiger partial charge is 0.481 e. The van der Waals surface area contributed by atoms with E-state index in [-0.39, 0.29) is 24.7 Å². The molecule has 0 unspecified atom stereocenters. The maximum Gasteiger partial charge on any atom is 0.303 e. The van der Waals surface area contributed by atoms with E-state index in [0.29, 0.717) is 12.8 Å². The number of aliphatic carboxylic acids is 1. The highest BCUT2D eigenvalue weighted by Gasteiger charge is 2.39. The fourth-order valence-electron chi connectivity index (χ4n) is 3.29. The first-order valence-corrected chi connectivity index (χ1v) is 9.85. The maximum absolute atomic E-state index is 10.5. The van der Waals surface area contributed by atoms with Crippen LogP contribution in [0.15, 0.2) is 48.6 Å². The number of rotatable bonds is 12. The van der Waals surface area contributed by atoms with Crippen molar-refractivity contribution in [3.63, 3.8) is 0 Å². The van der Waals surface area contributed by atoms with Gasteiger partial charge in [0.1, 0.15) is 0 Å². The van der Waals surface area contributed by atoms with Gasteiger partial charge in [0.15, 0.2) is 0 Å². The molecule has 27 heavy (non-hydrogen) atoms. The van der Waals surface area contributed by atoms with Crippen molar-refractivity contribution in [2.75, 3.05) is 0 Å². The molecule has 5 atom stereocenters. The molecule has 1 aliphatic rings. The molecular formula is C22H34O5. The average Bonchev–Trinajstić information content (AvgIpc) is 2.89. The SMILES string of the molecule is CC/C=C\C/C=C\C/C=C\C[C@@H]1[C@@H](/C=C/[C@H](O)CCC(=O)O)[C@H](O)C[C@@H]1O. The molecule has 0 aromatic heterocycles. The zero-order chi connectivity index (χ0) is 20.1. The lowest BCUT2D eigenvalue weighted by molar-refractivity contribution is -0.137. The zero-order valence-corrected chi connectivity index (χ0v) is 16.2. The van der Waals surface area contributed by atoms with Gasteiger partial charge in [0.2, 0.25) is 0 Å². The van der Waals surface area contributed by atoms with Gasteiger partial charge < -0.3 is 20.4 Å². The van der Waals surface area contributed by atoms with Crippen LogP contribution < -0.4 is 0 Å². The summed E-state index contributed by atoms with van der Waals surface area (Å²) in [5.41, 5.74) is 0. The summed E-state index contributed by atoms with van der Waals surface area (Å²) in [5, 5.41) is 38.9. The summed E-state index contributed by atoms with van der Waals surface area (Å²) < 4.78 is 0. The van der Waals surface area contributed by atoms with E-state index >= 15 is 0 Å². The van der Waals surface area contributed by atoms with Crippen molar-refractivity contribution < 1.29 is 25.2 Å². The Labute approximate surface area is 162 Å². The lowest BCUT2D eigenvalue weighted by Crippen LogP contribution is -2.20. The Balaban J connectivity index is 2.47. The van der Waals surface area contributed by atoms with Crippen LogP contribution in [0, 0.1) is 11.8 Å². The summed E-state index contributed by atoms with van der Waals surface area (Å²) in [6, 6.07) is 0. The monoisotopic (exact) mass is 378 g/mol. The van der Waals surface area contributed by atoms with Gasteiger partial charge in [0.05, 0.1) is 18.3 Å². The molecule has 1 rings (SSSR count). The highest BCUT2D eigenvalue weighted by atomic mass is 16.4. The van der Waals surface area contributed by atoms with Gasteiger partial charge in [-0.2, -0.15) is 0 Å². The fourth-order valence-corrected chi connectivity index (χ4v) is 3.29. The molecule has 1 fully saturated rings. The number of carboxylic acid groups (broad SMARTS) is 1. The van der Waals surface area contributed by atoms with Crippen molar-refractivity contribution in [2.45, 2.75) is 70.2 Å². The number of allylic oxidation sites excluding steroid dienone is 6. The third-order valence-corrected chi connectivity index (χ3v) is 4.81. The smallest absolute Gasteiger partial charge is 0.303 e. The van der Waals surface area contributed by atoms with Crippen molar-refractivity contribution in [3.8, 4) is 0 Å². The van der Waals surface area contributed by atoms with E-state index in [4.69, 9.17) is 5.11 Å². The van der Waals surface area contributed by atoms with Gasteiger partial charge in [-0.3, -0.25) is 4.79 Å². The first kappa shape index (κ1) is 23.3. The van der Waals surface area contributed by atoms with Crippen LogP contribution in [0.5, 0.6) is 0 Å². The van der Waals surface area contributed by atoms with Crippen LogP contribution in [0.4, 0.5) is 0 Å². The standard InChI is InChI=1S/C22H34O5/c1-2-3-4-5-6-7-8-9-10-11-18-19(21(25)16-20(18)24)14-12-17(23)13-15-22(26)27/h3-4,6-7,9-10,12,14,17-21,23-25H,2,5,8,11,13,15-16H2,1H3,(H,26,27)/b4-3-,7-6-,10-9-,14-12+/t17-,18+,19+,20-,21+/m0/s1. The van der Waals surface area contributed by atoms with Gasteiger partial charge in [-0.05, 0) is 38.0 Å². The minimum absolute atomic E-state index is 0.101. The molecule has 0 aromatic carbocycles. The first-order chi connectivity index (χ1) is 13.0. The minimum Gasteiger partial charge on any atom is -0.481 e. The number of hydrogen-bond donors (Lipinski definition) is 4. The Kier molecular flexibility index (Phi) is 11.7. The zero-order valence-electron chi connectivity index (χ0n) is 16.2. The molecule has 0 spiro atoms. The van der Waals surface area contributed by atoms with E-state index in [1.165, 1.54) is 6.08 Å². The molecular weight excluding hydrogens is 344 g/mol. The quantitative estimate of drug-likeness (QED) is 0.390. The molecule has 5 nitrogen and oxygen atoms in total. The van der Waals surface area contributed by atoms with E-state index in [1.807, 2.05) is 6.08 Å². The Hall–Kier alpha value is -1.69. The number of aliphatic hydroxyl groups is 3. The number of aliphatic hydroxyl groups excluding tert-OH is 3. The molecule has 0 bridgehead atoms. The van der Waals surface area contributed by atoms with E-state index in [0.717, 1.165) is 19.3 Å². The van der Waals surface area contributed by atoms with Gasteiger partial charge in [-0.1, -0.05) is 55.5 Å². The summed E-state index contributed by atoms with van der Waals surface area (Å²) >= 11 is 0. The number of carboxylic acids is 1. The molecule has 0 aliphatic heterocycles. The normalized spacial score (nSPS) is 27.6. The lowest BCUT2D eigenvalue weighted by Gasteiger charge is -2.19. The molecule has 4 N–H and O–H groups in total. The maximum atomic E-state index is 10.5. The highest BCUT2D eigenvalue weighted by molar-refractivity contribution is 5.66. The summed E-state index contributed by atoms with van der Waals surface area (Å²) in [6.07, 6.45) is 17.6. The van der Waals surface area contributed by atoms with Gasteiger partial charge in [-0.25, -0.2) is 0 Å². The van der Waals surface area contributed by atoms with E-state index in [1.54, 1.807) is 6.08 Å². The molecule has 152 valence electrons. The number of carbonyl (C=O) groups is 1. The van der Waals surface area contributed by atoms with Crippen LogP contribution >= 0.6 is 0 Å². The second-order valence-corrected chi connectivity index (χ2v) is 7.03. The van der Waals surface area contributed by atoms with Crippen LogP contribution in [-0.2, 0) is 4.79 Å². The van der Waals surface area contributed by atoms with Crippen LogP contribution in [0.3, 0.4) is 0 Å². The first-order valence-electron chi connectivity index (χ1n) is 9.85. The van der Waals surface area contributed by atoms with Gasteiger partial charge in [0.25, 0.3) is 0 Å². The molecule has 5 heteroatoms. The third kappa shape index (κ3) is 9.70. The molecule has 0 aromatic rings. The van der Waals surface area contributed by atoms with Crippen molar-refractivity contribution in [3.05, 3.63) is 48.6 Å². The average molecular weight is 379 g/mol. The van der Waals surface area contributed by atoms with Crippen LogP contribution in [0.2, 0.25) is 0 Å². The Morgan fingerprint density at radius 3 is 2.30 bits per heavy atom. The summed E-state index contributed by atoms with van der Waals surface area (Å²) in [7, 11) is 0. The van der Waals surface area contributed by atoms with E-state index in [2.05, 4.69) is 37.3 Å². The topological polar surface area (TPSA) is 98.0 Å². The summed E-state index contributed by atoms with van der Waals surface area (Å²) in [5.74, 6) is -1.29. The minimum atomic E-state index is -0.947. The predicted octanol–water partition coefficient (Wildman–Crippen LogP) is 3.38. The van der Waals surface area contributed by atoms with Crippen molar-refractivity contribution in [2.24, 2.45) is 11.8 Å². The van der Waals surface area contributed by atoms with Gasteiger partial charge >= 0.3 is 5.97 Å². The van der Waals surface area contributed by atoms with Crippen LogP contribution in [0.25, 0.3) is 0 Å². The van der Waals surface area contributed by atoms with Crippen LogP contribution in [0.1, 0.15) is 51.9 Å². The van der Waals surface area contributed by atoms with Gasteiger partial charge in [0, 0.05) is 18.8 Å². The van der Waals surface area contributed by atoms with Crippen LogP contribution in [-0.4, -0.2) is 44.7 Å². The predicted molar refractivity (Wildman–Crippen MR) is 107 cm³/mol.